The summed E-state index contributed by atoms with van der Waals surface area (Å²) in [5, 5.41) is 0. The van der Waals surface area contributed by atoms with Gasteiger partial charge in [-0.05, 0) is 36.6 Å². The van der Waals surface area contributed by atoms with E-state index in [-0.39, 0.29) is 11.1 Å². The Hall–Kier alpha value is -3.90. The van der Waals surface area contributed by atoms with Gasteiger partial charge >= 0.3 is 0 Å². The number of carbonyl (C=O) groups excluding carboxylic acids is 4. The Kier molecular flexibility index (Phi) is 4.29. The smallest absolute Gasteiger partial charge is 0.241 e. The number of aryl methyl sites for hydroxylation is 2. The molecule has 0 saturated carbocycles. The Morgan fingerprint density at radius 3 is 2.03 bits per heavy atom. The molecular weight excluding hydrogens is 430 g/mol. The second-order valence-corrected chi connectivity index (χ2v) is 9.19. The van der Waals surface area contributed by atoms with Crippen molar-refractivity contribution in [2.45, 2.75) is 25.6 Å². The van der Waals surface area contributed by atoms with Crippen LogP contribution in [0.25, 0.3) is 0 Å². The van der Waals surface area contributed by atoms with Gasteiger partial charge in [0.15, 0.2) is 0 Å². The molecular formula is C28H21NO5. The summed E-state index contributed by atoms with van der Waals surface area (Å²) in [7, 11) is 0. The highest BCUT2D eigenvalue weighted by molar-refractivity contribution is 6.37. The molecule has 1 aliphatic carbocycles. The summed E-state index contributed by atoms with van der Waals surface area (Å²) in [4.78, 5) is 56.5. The number of hydrogen-bond acceptors (Lipinski definition) is 5. The van der Waals surface area contributed by atoms with Gasteiger partial charge in [0.05, 0.1) is 23.6 Å². The van der Waals surface area contributed by atoms with Gasteiger partial charge in [0.2, 0.25) is 29.0 Å². The van der Waals surface area contributed by atoms with Crippen molar-refractivity contribution >= 4 is 29.1 Å². The highest BCUT2D eigenvalue weighted by Gasteiger charge is 2.74. The van der Waals surface area contributed by atoms with E-state index in [0.29, 0.717) is 11.3 Å². The molecule has 2 heterocycles. The van der Waals surface area contributed by atoms with Crippen LogP contribution >= 0.6 is 0 Å². The van der Waals surface area contributed by atoms with E-state index in [4.69, 9.17) is 4.74 Å². The van der Waals surface area contributed by atoms with Crippen LogP contribution in [0.3, 0.4) is 0 Å². The first-order chi connectivity index (χ1) is 16.4. The number of imide groups is 1. The summed E-state index contributed by atoms with van der Waals surface area (Å²) in [6.45, 7) is 3.71. The van der Waals surface area contributed by atoms with Gasteiger partial charge in [0.1, 0.15) is 0 Å². The molecule has 3 aromatic rings. The van der Waals surface area contributed by atoms with Gasteiger partial charge in [-0.25, -0.2) is 4.90 Å². The summed E-state index contributed by atoms with van der Waals surface area (Å²) < 4.78 is 6.28. The van der Waals surface area contributed by atoms with Crippen LogP contribution in [0, 0.1) is 25.7 Å². The minimum Gasteiger partial charge on any atom is -0.349 e. The molecule has 2 saturated heterocycles. The summed E-state index contributed by atoms with van der Waals surface area (Å²) in [5.41, 5.74) is 1.18. The molecule has 3 aliphatic rings. The van der Waals surface area contributed by atoms with E-state index in [1.807, 2.05) is 32.0 Å². The molecule has 0 unspecified atom stereocenters. The molecule has 3 aromatic carbocycles. The van der Waals surface area contributed by atoms with Crippen molar-refractivity contribution in [1.29, 1.82) is 0 Å². The van der Waals surface area contributed by atoms with E-state index in [1.165, 1.54) is 0 Å². The number of ketones is 2. The molecule has 34 heavy (non-hydrogen) atoms. The predicted octanol–water partition coefficient (Wildman–Crippen LogP) is 4.00. The van der Waals surface area contributed by atoms with Crippen LogP contribution in [0.15, 0.2) is 72.8 Å². The van der Waals surface area contributed by atoms with Crippen molar-refractivity contribution in [2.24, 2.45) is 11.8 Å². The predicted molar refractivity (Wildman–Crippen MR) is 123 cm³/mol. The van der Waals surface area contributed by atoms with Gasteiger partial charge in [-0.1, -0.05) is 66.7 Å². The van der Waals surface area contributed by atoms with Crippen LogP contribution in [0.2, 0.25) is 0 Å². The lowest BCUT2D eigenvalue weighted by atomic mass is 9.77. The SMILES string of the molecule is Cc1ccc(C)c(N2C(=O)[C@H]3[C@@H](C2=O)C2(O[C@H]3c3ccccc3)C(=O)c3ccccc3C2=O)c1. The van der Waals surface area contributed by atoms with Crippen LogP contribution in [-0.2, 0) is 14.3 Å². The second kappa shape index (κ2) is 7.05. The fourth-order valence-electron chi connectivity index (χ4n) is 5.66. The number of Topliss-reactive ketones (excluding diaryl/α,β-unsaturated/α-hetero) is 2. The lowest BCUT2D eigenvalue weighted by Crippen LogP contribution is -2.51. The van der Waals surface area contributed by atoms with Gasteiger partial charge in [0.25, 0.3) is 0 Å². The highest BCUT2D eigenvalue weighted by Crippen LogP contribution is 2.57. The number of nitrogens with zero attached hydrogens (tertiary/aromatic N) is 1. The monoisotopic (exact) mass is 451 g/mol. The molecule has 0 aromatic heterocycles. The van der Waals surface area contributed by atoms with Crippen LogP contribution < -0.4 is 4.90 Å². The van der Waals surface area contributed by atoms with Crippen molar-refractivity contribution < 1.29 is 23.9 Å². The minimum absolute atomic E-state index is 0.227. The molecule has 2 aliphatic heterocycles. The first-order valence-electron chi connectivity index (χ1n) is 11.2. The number of ether oxygens (including phenoxy) is 1. The Labute approximate surface area is 196 Å². The quantitative estimate of drug-likeness (QED) is 0.435. The normalized spacial score (nSPS) is 24.8. The third-order valence-electron chi connectivity index (χ3n) is 7.25. The summed E-state index contributed by atoms with van der Waals surface area (Å²) in [5.74, 6) is -4.35. The first-order valence-corrected chi connectivity index (χ1v) is 11.2. The molecule has 6 heteroatoms. The van der Waals surface area contributed by atoms with Gasteiger partial charge in [-0.3, -0.25) is 19.2 Å². The summed E-state index contributed by atoms with van der Waals surface area (Å²) in [6, 6.07) is 21.0. The molecule has 3 atom stereocenters. The third kappa shape index (κ3) is 2.49. The zero-order chi connectivity index (χ0) is 23.8. The standard InChI is InChI=1S/C28H21NO5/c1-15-12-13-16(2)20(14-15)29-26(32)21-22(27(29)33)28(34-23(21)17-8-4-3-5-9-17)24(30)18-10-6-7-11-19(18)25(28)31/h3-14,21-23H,1-2H3/t21-,22-,23-/m0/s1. The average Bonchev–Trinajstić information content (AvgIpc) is 3.41. The maximum atomic E-state index is 14.0. The van der Waals surface area contributed by atoms with Gasteiger partial charge in [-0.2, -0.15) is 0 Å². The summed E-state index contributed by atoms with van der Waals surface area (Å²) >= 11 is 0. The number of carbonyl (C=O) groups is 4. The maximum absolute atomic E-state index is 14.0. The Balaban J connectivity index is 1.57. The molecule has 2 amide bonds. The molecule has 0 radical (unpaired) electrons. The average molecular weight is 451 g/mol. The van der Waals surface area contributed by atoms with E-state index in [1.54, 1.807) is 54.6 Å². The van der Waals surface area contributed by atoms with Crippen LogP contribution in [0.4, 0.5) is 5.69 Å². The molecule has 1 spiro atoms. The van der Waals surface area contributed by atoms with Gasteiger partial charge < -0.3 is 4.74 Å². The largest absolute Gasteiger partial charge is 0.349 e. The van der Waals surface area contributed by atoms with Crippen molar-refractivity contribution in [3.05, 3.63) is 101 Å². The molecule has 168 valence electrons. The fraction of sp³-hybridized carbons (Fsp3) is 0.214. The molecule has 6 rings (SSSR count). The minimum atomic E-state index is -2.05. The zero-order valence-electron chi connectivity index (χ0n) is 18.6. The highest BCUT2D eigenvalue weighted by atomic mass is 16.5. The third-order valence-corrected chi connectivity index (χ3v) is 7.25. The van der Waals surface area contributed by atoms with Crippen molar-refractivity contribution in [3.63, 3.8) is 0 Å². The lowest BCUT2D eigenvalue weighted by Gasteiger charge is -2.27. The second-order valence-electron chi connectivity index (χ2n) is 9.19. The molecule has 2 fully saturated rings. The van der Waals surface area contributed by atoms with Crippen molar-refractivity contribution in [3.8, 4) is 0 Å². The van der Waals surface area contributed by atoms with Crippen LogP contribution in [0.5, 0.6) is 0 Å². The molecule has 0 N–H and O–H groups in total. The number of amides is 2. The molecule has 0 bridgehead atoms. The topological polar surface area (TPSA) is 80.8 Å². The van der Waals surface area contributed by atoms with E-state index in [0.717, 1.165) is 16.0 Å². The van der Waals surface area contributed by atoms with E-state index < -0.39 is 46.9 Å². The van der Waals surface area contributed by atoms with Crippen molar-refractivity contribution in [1.82, 2.24) is 0 Å². The van der Waals surface area contributed by atoms with Gasteiger partial charge in [0, 0.05) is 11.1 Å². The maximum Gasteiger partial charge on any atom is 0.241 e. The Morgan fingerprint density at radius 1 is 0.765 bits per heavy atom. The number of anilines is 1. The zero-order valence-corrected chi connectivity index (χ0v) is 18.6. The summed E-state index contributed by atoms with van der Waals surface area (Å²) in [6.07, 6.45) is -0.903. The van der Waals surface area contributed by atoms with Crippen molar-refractivity contribution in [2.75, 3.05) is 4.90 Å². The number of hydrogen-bond donors (Lipinski definition) is 0. The molecule has 6 nitrogen and oxygen atoms in total. The van der Waals surface area contributed by atoms with E-state index >= 15 is 0 Å². The van der Waals surface area contributed by atoms with Gasteiger partial charge in [-0.15, -0.1) is 0 Å². The number of benzene rings is 3. The number of rotatable bonds is 2. The lowest BCUT2D eigenvalue weighted by molar-refractivity contribution is -0.127. The fourth-order valence-corrected chi connectivity index (χ4v) is 5.66. The van der Waals surface area contributed by atoms with E-state index in [9.17, 15) is 19.2 Å². The Bertz CT molecular complexity index is 1370. The Morgan fingerprint density at radius 2 is 1.38 bits per heavy atom. The van der Waals surface area contributed by atoms with E-state index in [2.05, 4.69) is 0 Å². The van der Waals surface area contributed by atoms with Crippen LogP contribution in [-0.4, -0.2) is 29.0 Å². The number of fused-ring (bicyclic) bond motifs is 3. The van der Waals surface area contributed by atoms with Crippen LogP contribution in [0.1, 0.15) is 43.5 Å². The first kappa shape index (κ1) is 20.7.